The lowest BCUT2D eigenvalue weighted by atomic mass is 9.97. The van der Waals surface area contributed by atoms with Crippen LogP contribution in [0.2, 0.25) is 0 Å². The monoisotopic (exact) mass is 434 g/mol. The molecular formula is C21H30N4O4S. The first kappa shape index (κ1) is 22.3. The van der Waals surface area contributed by atoms with Gasteiger partial charge >= 0.3 is 0 Å². The van der Waals surface area contributed by atoms with Crippen LogP contribution in [0.25, 0.3) is 0 Å². The predicted octanol–water partition coefficient (Wildman–Crippen LogP) is 2.20. The molecule has 1 N–H and O–H groups in total. The van der Waals surface area contributed by atoms with E-state index in [0.29, 0.717) is 44.8 Å². The second-order valence-electron chi connectivity index (χ2n) is 7.51. The normalized spacial score (nSPS) is 15.8. The maximum Gasteiger partial charge on any atom is 0.243 e. The van der Waals surface area contributed by atoms with Crippen molar-refractivity contribution in [2.24, 2.45) is 5.92 Å². The van der Waals surface area contributed by atoms with Gasteiger partial charge in [-0.3, -0.25) is 9.48 Å². The molecule has 1 aromatic heterocycles. The lowest BCUT2D eigenvalue weighted by molar-refractivity contribution is -0.126. The van der Waals surface area contributed by atoms with Crippen LogP contribution in [-0.2, 0) is 21.4 Å². The van der Waals surface area contributed by atoms with Crippen molar-refractivity contribution in [2.75, 3.05) is 26.2 Å². The van der Waals surface area contributed by atoms with E-state index in [1.807, 2.05) is 30.9 Å². The lowest BCUT2D eigenvalue weighted by Gasteiger charge is -2.30. The molecule has 1 fully saturated rings. The number of piperidine rings is 1. The summed E-state index contributed by atoms with van der Waals surface area (Å²) < 4.78 is 34.4. The number of carbonyl (C=O) groups is 1. The zero-order valence-electron chi connectivity index (χ0n) is 17.6. The summed E-state index contributed by atoms with van der Waals surface area (Å²) in [5, 5.41) is 7.20. The Kier molecular flexibility index (Phi) is 7.49. The van der Waals surface area contributed by atoms with Crippen LogP contribution in [0.5, 0.6) is 5.75 Å². The number of amides is 1. The standard InChI is InChI=1S/C21H30N4O4S/c1-3-29-19-5-7-20(8-6-19)30(27,28)25-13-9-18(10-14-25)21(26)22-11-4-12-24-16-17(2)15-23-24/h5-8,15-16,18H,3-4,9-14H2,1-2H3,(H,22,26). The first-order valence-electron chi connectivity index (χ1n) is 10.4. The molecule has 2 heterocycles. The molecule has 3 rings (SSSR count). The summed E-state index contributed by atoms with van der Waals surface area (Å²) in [6.07, 6.45) is 5.65. The maximum absolute atomic E-state index is 12.9. The van der Waals surface area contributed by atoms with Crippen LogP contribution < -0.4 is 10.1 Å². The fourth-order valence-electron chi connectivity index (χ4n) is 3.57. The van der Waals surface area contributed by atoms with E-state index in [9.17, 15) is 13.2 Å². The number of nitrogens with one attached hydrogen (secondary N) is 1. The van der Waals surface area contributed by atoms with Gasteiger partial charge in [0.2, 0.25) is 15.9 Å². The zero-order chi connectivity index (χ0) is 21.6. The average molecular weight is 435 g/mol. The third-order valence-electron chi connectivity index (χ3n) is 5.22. The Balaban J connectivity index is 1.44. The highest BCUT2D eigenvalue weighted by atomic mass is 32.2. The quantitative estimate of drug-likeness (QED) is 0.611. The molecule has 0 radical (unpaired) electrons. The fourth-order valence-corrected chi connectivity index (χ4v) is 5.04. The molecule has 9 heteroatoms. The Labute approximate surface area is 178 Å². The number of hydrogen-bond acceptors (Lipinski definition) is 5. The van der Waals surface area contributed by atoms with Crippen molar-refractivity contribution >= 4 is 15.9 Å². The van der Waals surface area contributed by atoms with Gasteiger partial charge in [-0.05, 0) is 62.9 Å². The maximum atomic E-state index is 12.9. The molecule has 0 unspecified atom stereocenters. The fraction of sp³-hybridized carbons (Fsp3) is 0.524. The first-order chi connectivity index (χ1) is 14.4. The topological polar surface area (TPSA) is 93.5 Å². The van der Waals surface area contributed by atoms with Crippen molar-refractivity contribution in [3.8, 4) is 5.75 Å². The summed E-state index contributed by atoms with van der Waals surface area (Å²) in [6.45, 7) is 6.44. The molecule has 0 aliphatic carbocycles. The number of nitrogens with zero attached hydrogens (tertiary/aromatic N) is 3. The second-order valence-corrected chi connectivity index (χ2v) is 9.45. The molecule has 30 heavy (non-hydrogen) atoms. The second kappa shape index (κ2) is 10.1. The van der Waals surface area contributed by atoms with Gasteiger partial charge in [-0.2, -0.15) is 9.40 Å². The number of rotatable bonds is 9. The number of hydrogen-bond donors (Lipinski definition) is 1. The van der Waals surface area contributed by atoms with E-state index >= 15 is 0 Å². The molecule has 0 saturated carbocycles. The number of benzene rings is 1. The van der Waals surface area contributed by atoms with E-state index < -0.39 is 10.0 Å². The molecular weight excluding hydrogens is 404 g/mol. The third kappa shape index (κ3) is 5.60. The SMILES string of the molecule is CCOc1ccc(S(=O)(=O)N2CCC(C(=O)NCCCn3cc(C)cn3)CC2)cc1. The van der Waals surface area contributed by atoms with E-state index in [1.165, 1.54) is 4.31 Å². The first-order valence-corrected chi connectivity index (χ1v) is 11.8. The van der Waals surface area contributed by atoms with Crippen molar-refractivity contribution in [2.45, 2.75) is 44.6 Å². The van der Waals surface area contributed by atoms with Gasteiger partial charge in [-0.25, -0.2) is 8.42 Å². The van der Waals surface area contributed by atoms with Gasteiger partial charge in [0, 0.05) is 38.3 Å². The molecule has 1 aromatic carbocycles. The van der Waals surface area contributed by atoms with Gasteiger partial charge in [0.15, 0.2) is 0 Å². The molecule has 0 atom stereocenters. The van der Waals surface area contributed by atoms with E-state index in [1.54, 1.807) is 24.3 Å². The predicted molar refractivity (Wildman–Crippen MR) is 114 cm³/mol. The molecule has 0 spiro atoms. The number of aryl methyl sites for hydroxylation is 2. The molecule has 1 aliphatic heterocycles. The minimum Gasteiger partial charge on any atom is -0.494 e. The van der Waals surface area contributed by atoms with Crippen LogP contribution in [0.3, 0.4) is 0 Å². The summed E-state index contributed by atoms with van der Waals surface area (Å²) >= 11 is 0. The number of sulfonamides is 1. The van der Waals surface area contributed by atoms with Gasteiger partial charge in [-0.15, -0.1) is 0 Å². The van der Waals surface area contributed by atoms with E-state index in [2.05, 4.69) is 10.4 Å². The van der Waals surface area contributed by atoms with E-state index in [0.717, 1.165) is 18.5 Å². The number of aromatic nitrogens is 2. The Hall–Kier alpha value is -2.39. The summed E-state index contributed by atoms with van der Waals surface area (Å²) in [5.74, 6) is 0.503. The molecule has 164 valence electrons. The van der Waals surface area contributed by atoms with Crippen molar-refractivity contribution in [3.63, 3.8) is 0 Å². The summed E-state index contributed by atoms with van der Waals surface area (Å²) in [5.41, 5.74) is 1.12. The van der Waals surface area contributed by atoms with Crippen LogP contribution >= 0.6 is 0 Å². The molecule has 1 amide bonds. The molecule has 8 nitrogen and oxygen atoms in total. The Morgan fingerprint density at radius 2 is 1.93 bits per heavy atom. The van der Waals surface area contributed by atoms with Crippen LogP contribution in [0.1, 0.15) is 31.7 Å². The van der Waals surface area contributed by atoms with Gasteiger partial charge in [-0.1, -0.05) is 0 Å². The molecule has 1 aliphatic rings. The van der Waals surface area contributed by atoms with Gasteiger partial charge in [0.05, 0.1) is 17.7 Å². The number of ether oxygens (including phenoxy) is 1. The lowest BCUT2D eigenvalue weighted by Crippen LogP contribution is -2.43. The van der Waals surface area contributed by atoms with Crippen molar-refractivity contribution in [1.82, 2.24) is 19.4 Å². The van der Waals surface area contributed by atoms with Gasteiger partial charge in [0.1, 0.15) is 5.75 Å². The van der Waals surface area contributed by atoms with Crippen LogP contribution in [0, 0.1) is 12.8 Å². The summed E-state index contributed by atoms with van der Waals surface area (Å²) in [6, 6.07) is 6.47. The van der Waals surface area contributed by atoms with Crippen molar-refractivity contribution < 1.29 is 17.9 Å². The van der Waals surface area contributed by atoms with E-state index in [4.69, 9.17) is 4.74 Å². The molecule has 0 bridgehead atoms. The van der Waals surface area contributed by atoms with Gasteiger partial charge < -0.3 is 10.1 Å². The van der Waals surface area contributed by atoms with Crippen LogP contribution in [0.15, 0.2) is 41.6 Å². The van der Waals surface area contributed by atoms with Crippen LogP contribution in [-0.4, -0.2) is 54.7 Å². The largest absolute Gasteiger partial charge is 0.494 e. The Morgan fingerprint density at radius 3 is 2.53 bits per heavy atom. The van der Waals surface area contributed by atoms with Crippen molar-refractivity contribution in [1.29, 1.82) is 0 Å². The summed E-state index contributed by atoms with van der Waals surface area (Å²) in [4.78, 5) is 12.7. The van der Waals surface area contributed by atoms with Crippen molar-refractivity contribution in [3.05, 3.63) is 42.2 Å². The highest BCUT2D eigenvalue weighted by Gasteiger charge is 2.31. The van der Waals surface area contributed by atoms with E-state index in [-0.39, 0.29) is 16.7 Å². The molecule has 2 aromatic rings. The summed E-state index contributed by atoms with van der Waals surface area (Å²) in [7, 11) is -3.56. The van der Waals surface area contributed by atoms with Crippen LogP contribution in [0.4, 0.5) is 0 Å². The molecule has 1 saturated heterocycles. The zero-order valence-corrected chi connectivity index (χ0v) is 18.4. The highest BCUT2D eigenvalue weighted by molar-refractivity contribution is 7.89. The minimum absolute atomic E-state index is 0.00441. The average Bonchev–Trinajstić information content (AvgIpc) is 3.17. The minimum atomic E-state index is -3.56. The highest BCUT2D eigenvalue weighted by Crippen LogP contribution is 2.25. The Morgan fingerprint density at radius 1 is 1.23 bits per heavy atom. The third-order valence-corrected chi connectivity index (χ3v) is 7.14. The number of carbonyl (C=O) groups excluding carboxylic acids is 1. The smallest absolute Gasteiger partial charge is 0.243 e. The van der Waals surface area contributed by atoms with Gasteiger partial charge in [0.25, 0.3) is 0 Å². The Bertz CT molecular complexity index is 932.